The maximum Gasteiger partial charge on any atom is 0.330 e. The second kappa shape index (κ2) is 7.52. The fourth-order valence-electron chi connectivity index (χ4n) is 3.84. The molecule has 2 aliphatic rings. The van der Waals surface area contributed by atoms with Crippen LogP contribution in [0.2, 0.25) is 0 Å². The van der Waals surface area contributed by atoms with Gasteiger partial charge >= 0.3 is 5.69 Å². The molecular formula is C16H23FN2O10. The number of ether oxygens (including phenoxy) is 2. The number of nitrogens with zero attached hydrogens (tertiary/aromatic N) is 1. The summed E-state index contributed by atoms with van der Waals surface area (Å²) >= 11 is 0. The molecule has 1 unspecified atom stereocenters. The molecule has 3 heterocycles. The van der Waals surface area contributed by atoms with Gasteiger partial charge in [0.2, 0.25) is 5.72 Å². The molecule has 164 valence electrons. The molecule has 0 aromatic carbocycles. The van der Waals surface area contributed by atoms with Gasteiger partial charge in [-0.1, -0.05) is 6.92 Å². The highest BCUT2D eigenvalue weighted by Crippen LogP contribution is 2.48. The first-order valence-corrected chi connectivity index (χ1v) is 8.92. The number of aliphatic hydroxyl groups is 6. The van der Waals surface area contributed by atoms with E-state index in [1.165, 1.54) is 6.92 Å². The van der Waals surface area contributed by atoms with E-state index >= 15 is 4.39 Å². The van der Waals surface area contributed by atoms with Gasteiger partial charge in [-0.25, -0.2) is 9.18 Å². The largest absolute Gasteiger partial charge is 0.394 e. The minimum Gasteiger partial charge on any atom is -0.394 e. The summed E-state index contributed by atoms with van der Waals surface area (Å²) in [5.41, 5.74) is -4.76. The Morgan fingerprint density at radius 3 is 2.48 bits per heavy atom. The number of nitrogens with one attached hydrogen (secondary N) is 1. The lowest BCUT2D eigenvalue weighted by Crippen LogP contribution is -2.64. The molecule has 2 fully saturated rings. The van der Waals surface area contributed by atoms with E-state index in [0.717, 1.165) is 12.3 Å². The van der Waals surface area contributed by atoms with Gasteiger partial charge in [-0.05, 0) is 6.42 Å². The number of aromatic amines is 1. The van der Waals surface area contributed by atoms with Gasteiger partial charge in [0.05, 0.1) is 12.7 Å². The van der Waals surface area contributed by atoms with Crippen LogP contribution in [0.4, 0.5) is 4.39 Å². The Balaban J connectivity index is 2.22. The molecule has 0 spiro atoms. The average molecular weight is 422 g/mol. The highest BCUT2D eigenvalue weighted by molar-refractivity contribution is 5.13. The van der Waals surface area contributed by atoms with E-state index < -0.39 is 72.2 Å². The molecule has 9 atom stereocenters. The Kier molecular flexibility index (Phi) is 5.70. The van der Waals surface area contributed by atoms with Crippen LogP contribution in [0.5, 0.6) is 0 Å². The predicted octanol–water partition coefficient (Wildman–Crippen LogP) is -4.14. The first-order valence-electron chi connectivity index (χ1n) is 8.92. The second-order valence-electron chi connectivity index (χ2n) is 7.14. The maximum absolute atomic E-state index is 15.3. The fourth-order valence-corrected chi connectivity index (χ4v) is 3.84. The molecule has 0 amide bonds. The summed E-state index contributed by atoms with van der Waals surface area (Å²) in [6, 6.07) is 0.832. The van der Waals surface area contributed by atoms with E-state index in [-0.39, 0.29) is 6.42 Å². The van der Waals surface area contributed by atoms with E-state index in [1.54, 1.807) is 0 Å². The number of hydrogen-bond acceptors (Lipinski definition) is 10. The third-order valence-corrected chi connectivity index (χ3v) is 5.41. The summed E-state index contributed by atoms with van der Waals surface area (Å²) in [6.07, 6.45) is -12.5. The minimum absolute atomic E-state index is 0.00142. The van der Waals surface area contributed by atoms with Crippen molar-refractivity contribution in [3.8, 4) is 0 Å². The molecule has 13 heteroatoms. The molecule has 0 radical (unpaired) electrons. The Morgan fingerprint density at radius 2 is 1.97 bits per heavy atom. The summed E-state index contributed by atoms with van der Waals surface area (Å²) in [7, 11) is 0. The third-order valence-electron chi connectivity index (χ3n) is 5.41. The molecule has 3 rings (SSSR count). The lowest BCUT2D eigenvalue weighted by Gasteiger charge is -2.40. The van der Waals surface area contributed by atoms with Crippen molar-refractivity contribution in [2.24, 2.45) is 0 Å². The molecule has 0 saturated carbocycles. The molecule has 2 saturated heterocycles. The van der Waals surface area contributed by atoms with Crippen LogP contribution in [0.25, 0.3) is 0 Å². The van der Waals surface area contributed by atoms with Gasteiger partial charge in [-0.2, -0.15) is 0 Å². The van der Waals surface area contributed by atoms with Crippen molar-refractivity contribution in [2.45, 2.75) is 67.7 Å². The Hall–Kier alpha value is -1.71. The van der Waals surface area contributed by atoms with Crippen molar-refractivity contribution in [3.63, 3.8) is 0 Å². The van der Waals surface area contributed by atoms with E-state index in [1.807, 2.05) is 4.98 Å². The molecule has 0 aliphatic carbocycles. The zero-order valence-corrected chi connectivity index (χ0v) is 15.3. The van der Waals surface area contributed by atoms with Crippen molar-refractivity contribution in [1.29, 1.82) is 0 Å². The quantitative estimate of drug-likeness (QED) is 0.245. The molecular weight excluding hydrogens is 399 g/mol. The zero-order valence-electron chi connectivity index (χ0n) is 15.3. The zero-order chi connectivity index (χ0) is 21.7. The van der Waals surface area contributed by atoms with E-state index in [4.69, 9.17) is 9.47 Å². The van der Waals surface area contributed by atoms with Gasteiger partial charge < -0.3 is 40.1 Å². The van der Waals surface area contributed by atoms with Crippen LogP contribution in [-0.2, 0) is 15.2 Å². The number of aliphatic hydroxyl groups excluding tert-OH is 5. The first-order chi connectivity index (χ1) is 13.5. The van der Waals surface area contributed by atoms with Gasteiger partial charge in [-0.3, -0.25) is 14.3 Å². The monoisotopic (exact) mass is 422 g/mol. The van der Waals surface area contributed by atoms with E-state index in [0.29, 0.717) is 4.57 Å². The number of halogens is 1. The van der Waals surface area contributed by atoms with Crippen LogP contribution in [0.3, 0.4) is 0 Å². The van der Waals surface area contributed by atoms with Gasteiger partial charge in [0.15, 0.2) is 6.10 Å². The Bertz CT molecular complexity index is 859. The van der Waals surface area contributed by atoms with Crippen LogP contribution in [0.1, 0.15) is 13.3 Å². The third kappa shape index (κ3) is 3.14. The average Bonchev–Trinajstić information content (AvgIpc) is 3.06. The number of alkyl halides is 1. The lowest BCUT2D eigenvalue weighted by atomic mass is 9.90. The van der Waals surface area contributed by atoms with Gasteiger partial charge in [0, 0.05) is 12.3 Å². The topological polar surface area (TPSA) is 195 Å². The summed E-state index contributed by atoms with van der Waals surface area (Å²) in [5, 5.41) is 60.9. The summed E-state index contributed by atoms with van der Waals surface area (Å²) < 4.78 is 26.5. The first kappa shape index (κ1) is 22.0. The van der Waals surface area contributed by atoms with Crippen LogP contribution in [-0.4, -0.2) is 95.4 Å². The molecule has 29 heavy (non-hydrogen) atoms. The minimum atomic E-state index is -3.67. The van der Waals surface area contributed by atoms with Crippen molar-refractivity contribution in [3.05, 3.63) is 33.1 Å². The van der Waals surface area contributed by atoms with Gasteiger partial charge in [0.25, 0.3) is 11.4 Å². The van der Waals surface area contributed by atoms with Crippen molar-refractivity contribution >= 4 is 0 Å². The smallest absolute Gasteiger partial charge is 0.330 e. The lowest BCUT2D eigenvalue weighted by molar-refractivity contribution is -0.282. The molecule has 12 nitrogen and oxygen atoms in total. The van der Waals surface area contributed by atoms with Crippen molar-refractivity contribution in [2.75, 3.05) is 6.61 Å². The molecule has 1 aromatic rings. The highest BCUT2D eigenvalue weighted by atomic mass is 19.2. The van der Waals surface area contributed by atoms with Gasteiger partial charge in [0.1, 0.15) is 30.5 Å². The standard InChI is InChI=1S/C16H23FN2O10/c1-2-6(21)10-12(25)15(17,27)13(28-10)16(11(24)9(23)7(5-20)29-16)19-4-3-8(22)18-14(19)26/h3-4,6-7,9-13,20-21,23-25,27H,2,5H2,1H3,(H,18,22,26)/t6?,7-,9-,10+,11-,12+,13+,15-,16+/m1/s1. The fraction of sp³-hybridized carbons (Fsp3) is 0.750. The van der Waals surface area contributed by atoms with Crippen LogP contribution in [0, 0.1) is 0 Å². The van der Waals surface area contributed by atoms with Crippen molar-refractivity contribution in [1.82, 2.24) is 9.55 Å². The van der Waals surface area contributed by atoms with Crippen LogP contribution >= 0.6 is 0 Å². The number of rotatable bonds is 5. The summed E-state index contributed by atoms with van der Waals surface area (Å²) in [5.74, 6) is -3.67. The molecule has 2 aliphatic heterocycles. The van der Waals surface area contributed by atoms with E-state index in [2.05, 4.69) is 0 Å². The molecule has 7 N–H and O–H groups in total. The normalized spacial score (nSPS) is 43.6. The molecule has 0 bridgehead atoms. The molecule has 1 aromatic heterocycles. The summed E-state index contributed by atoms with van der Waals surface area (Å²) in [6.45, 7) is 0.638. The van der Waals surface area contributed by atoms with Crippen molar-refractivity contribution < 1.29 is 44.5 Å². The van der Waals surface area contributed by atoms with Crippen LogP contribution < -0.4 is 11.2 Å². The van der Waals surface area contributed by atoms with E-state index in [9.17, 15) is 40.2 Å². The van der Waals surface area contributed by atoms with Gasteiger partial charge in [-0.15, -0.1) is 0 Å². The SMILES string of the molecule is CCC(O)[C@@H]1O[C@H]([C@@]2(n3ccc(=O)[nH]c3=O)O[C@H](CO)[C@@H](O)[C@H]2O)[C@@](O)(F)[C@H]1O. The number of H-pyrrole nitrogens is 1. The predicted molar refractivity (Wildman–Crippen MR) is 90.3 cm³/mol. The number of aromatic nitrogens is 2. The maximum atomic E-state index is 15.3. The Labute approximate surface area is 162 Å². The second-order valence-corrected chi connectivity index (χ2v) is 7.14. The number of hydrogen-bond donors (Lipinski definition) is 7. The Morgan fingerprint density at radius 1 is 1.31 bits per heavy atom. The highest BCUT2D eigenvalue weighted by Gasteiger charge is 2.72. The summed E-state index contributed by atoms with van der Waals surface area (Å²) in [4.78, 5) is 25.7. The van der Waals surface area contributed by atoms with Crippen LogP contribution in [0.15, 0.2) is 21.9 Å².